The molecule has 2 aliphatic rings. The van der Waals surface area contributed by atoms with Gasteiger partial charge in [0, 0.05) is 22.7 Å². The van der Waals surface area contributed by atoms with E-state index in [9.17, 15) is 0 Å². The average Bonchev–Trinajstić information content (AvgIpc) is 3.44. The van der Waals surface area contributed by atoms with Gasteiger partial charge in [0.05, 0.1) is 19.7 Å². The number of nitrogens with zero attached hydrogens (tertiary/aromatic N) is 1. The van der Waals surface area contributed by atoms with E-state index in [4.69, 9.17) is 18.9 Å². The summed E-state index contributed by atoms with van der Waals surface area (Å²) in [6.07, 6.45) is 4.86. The third kappa shape index (κ3) is 3.39. The Hall–Kier alpha value is -2.73. The number of piperidine rings is 1. The molecular weight excluding hydrogens is 378 g/mol. The molecule has 0 radical (unpaired) electrons. The standard InChI is InChI=1S/C24H29N3O3/c1-15-4-5-21(30-15)20-13-19(27-24(8-9-24)16-6-10-25-11-7-16)17-12-22(28-2)23(29-3)14-18(17)26-20/h4-5,12-14,16,25H,6-11H2,1-3H3,(H,26,27). The fourth-order valence-electron chi connectivity index (χ4n) is 4.77. The number of fused-ring (bicyclic) bond motifs is 1. The summed E-state index contributed by atoms with van der Waals surface area (Å²) in [5.74, 6) is 3.73. The normalized spacial score (nSPS) is 18.4. The Morgan fingerprint density at radius 3 is 2.43 bits per heavy atom. The van der Waals surface area contributed by atoms with Gasteiger partial charge in [0.15, 0.2) is 17.3 Å². The van der Waals surface area contributed by atoms with Crippen molar-refractivity contribution in [3.8, 4) is 23.0 Å². The van der Waals surface area contributed by atoms with Crippen LogP contribution < -0.4 is 20.1 Å². The molecule has 158 valence electrons. The Morgan fingerprint density at radius 1 is 1.07 bits per heavy atom. The quantitative estimate of drug-likeness (QED) is 0.614. The second kappa shape index (κ2) is 7.51. The van der Waals surface area contributed by atoms with Crippen molar-refractivity contribution in [2.24, 2.45) is 5.92 Å². The summed E-state index contributed by atoms with van der Waals surface area (Å²) < 4.78 is 17.0. The van der Waals surface area contributed by atoms with Crippen LogP contribution in [0.2, 0.25) is 0 Å². The van der Waals surface area contributed by atoms with E-state index in [1.54, 1.807) is 14.2 Å². The average molecular weight is 408 g/mol. The second-order valence-corrected chi connectivity index (χ2v) is 8.50. The van der Waals surface area contributed by atoms with Crippen molar-refractivity contribution in [2.75, 3.05) is 32.6 Å². The zero-order valence-corrected chi connectivity index (χ0v) is 17.9. The van der Waals surface area contributed by atoms with Crippen molar-refractivity contribution in [1.29, 1.82) is 0 Å². The molecule has 30 heavy (non-hydrogen) atoms. The first-order valence-electron chi connectivity index (χ1n) is 10.7. The highest BCUT2D eigenvalue weighted by molar-refractivity contribution is 5.96. The van der Waals surface area contributed by atoms with Crippen molar-refractivity contribution in [1.82, 2.24) is 10.3 Å². The van der Waals surface area contributed by atoms with Crippen LogP contribution >= 0.6 is 0 Å². The maximum absolute atomic E-state index is 5.88. The van der Waals surface area contributed by atoms with Gasteiger partial charge in [-0.2, -0.15) is 0 Å². The van der Waals surface area contributed by atoms with E-state index >= 15 is 0 Å². The van der Waals surface area contributed by atoms with Gasteiger partial charge in [-0.15, -0.1) is 0 Å². The minimum atomic E-state index is 0.180. The molecule has 0 amide bonds. The predicted octanol–water partition coefficient (Wildman–Crippen LogP) is 4.76. The summed E-state index contributed by atoms with van der Waals surface area (Å²) in [5, 5.41) is 8.47. The summed E-state index contributed by atoms with van der Waals surface area (Å²) in [6.45, 7) is 4.16. The number of hydrogen-bond donors (Lipinski definition) is 2. The summed E-state index contributed by atoms with van der Waals surface area (Å²) in [4.78, 5) is 4.89. The van der Waals surface area contributed by atoms with Crippen LogP contribution in [0.5, 0.6) is 11.5 Å². The minimum absolute atomic E-state index is 0.180. The molecule has 6 heteroatoms. The molecule has 1 aliphatic carbocycles. The Balaban J connectivity index is 1.62. The number of anilines is 1. The largest absolute Gasteiger partial charge is 0.493 e. The van der Waals surface area contributed by atoms with E-state index in [-0.39, 0.29) is 5.54 Å². The zero-order chi connectivity index (χ0) is 20.7. The monoisotopic (exact) mass is 407 g/mol. The topological polar surface area (TPSA) is 68.6 Å². The molecular formula is C24H29N3O3. The maximum Gasteiger partial charge on any atom is 0.162 e. The van der Waals surface area contributed by atoms with Crippen LogP contribution in [0, 0.1) is 12.8 Å². The van der Waals surface area contributed by atoms with Crippen molar-refractivity contribution in [3.63, 3.8) is 0 Å². The molecule has 5 rings (SSSR count). The Kier molecular flexibility index (Phi) is 4.82. The number of furan rings is 1. The van der Waals surface area contributed by atoms with Crippen molar-refractivity contribution in [2.45, 2.75) is 38.1 Å². The second-order valence-electron chi connectivity index (χ2n) is 8.50. The number of aromatic nitrogens is 1. The predicted molar refractivity (Wildman–Crippen MR) is 118 cm³/mol. The summed E-state index contributed by atoms with van der Waals surface area (Å²) in [5.41, 5.74) is 2.95. The van der Waals surface area contributed by atoms with Gasteiger partial charge in [0.25, 0.3) is 0 Å². The highest BCUT2D eigenvalue weighted by atomic mass is 16.5. The smallest absolute Gasteiger partial charge is 0.162 e. The Labute approximate surface area is 177 Å². The molecule has 0 spiro atoms. The lowest BCUT2D eigenvalue weighted by atomic mass is 9.87. The number of methoxy groups -OCH3 is 2. The van der Waals surface area contributed by atoms with Gasteiger partial charge in [-0.3, -0.25) is 0 Å². The van der Waals surface area contributed by atoms with Crippen LogP contribution in [0.1, 0.15) is 31.4 Å². The summed E-state index contributed by atoms with van der Waals surface area (Å²) >= 11 is 0. The lowest BCUT2D eigenvalue weighted by Crippen LogP contribution is -2.39. The lowest BCUT2D eigenvalue weighted by Gasteiger charge is -2.33. The number of pyridine rings is 1. The molecule has 3 heterocycles. The molecule has 1 aliphatic heterocycles. The van der Waals surface area contributed by atoms with E-state index in [0.29, 0.717) is 17.4 Å². The Bertz CT molecular complexity index is 1060. The first-order valence-corrected chi connectivity index (χ1v) is 10.7. The lowest BCUT2D eigenvalue weighted by molar-refractivity contribution is 0.320. The number of ether oxygens (including phenoxy) is 2. The molecule has 3 aromatic rings. The molecule has 0 atom stereocenters. The molecule has 0 unspecified atom stereocenters. The van der Waals surface area contributed by atoms with Crippen LogP contribution in [0.15, 0.2) is 34.7 Å². The third-order valence-corrected chi connectivity index (χ3v) is 6.60. The molecule has 1 saturated heterocycles. The number of hydrogen-bond acceptors (Lipinski definition) is 6. The SMILES string of the molecule is COc1cc2nc(-c3ccc(C)o3)cc(NC3(C4CCNCC4)CC3)c2cc1OC. The fourth-order valence-corrected chi connectivity index (χ4v) is 4.77. The van der Waals surface area contributed by atoms with E-state index < -0.39 is 0 Å². The van der Waals surface area contributed by atoms with Gasteiger partial charge in [-0.1, -0.05) is 0 Å². The van der Waals surface area contributed by atoms with E-state index in [1.807, 2.05) is 31.2 Å². The van der Waals surface area contributed by atoms with E-state index in [1.165, 1.54) is 25.7 Å². The van der Waals surface area contributed by atoms with Crippen LogP contribution in [-0.4, -0.2) is 37.8 Å². The van der Waals surface area contributed by atoms with Gasteiger partial charge in [0.2, 0.25) is 0 Å². The van der Waals surface area contributed by atoms with E-state index in [0.717, 1.165) is 46.9 Å². The number of benzene rings is 1. The molecule has 0 bridgehead atoms. The molecule has 2 fully saturated rings. The zero-order valence-electron chi connectivity index (χ0n) is 17.9. The third-order valence-electron chi connectivity index (χ3n) is 6.60. The molecule has 2 N–H and O–H groups in total. The van der Waals surface area contributed by atoms with Gasteiger partial charge >= 0.3 is 0 Å². The number of aryl methyl sites for hydroxylation is 1. The first kappa shape index (κ1) is 19.2. The van der Waals surface area contributed by atoms with Gasteiger partial charge in [0.1, 0.15) is 11.5 Å². The molecule has 2 aromatic heterocycles. The molecule has 1 aromatic carbocycles. The fraction of sp³-hybridized carbons (Fsp3) is 0.458. The van der Waals surface area contributed by atoms with Crippen LogP contribution in [0.25, 0.3) is 22.4 Å². The van der Waals surface area contributed by atoms with Crippen LogP contribution in [0.3, 0.4) is 0 Å². The summed E-state index contributed by atoms with van der Waals surface area (Å²) in [6, 6.07) is 10.0. The molecule has 6 nitrogen and oxygen atoms in total. The summed E-state index contributed by atoms with van der Waals surface area (Å²) in [7, 11) is 3.32. The minimum Gasteiger partial charge on any atom is -0.493 e. The van der Waals surface area contributed by atoms with Crippen LogP contribution in [-0.2, 0) is 0 Å². The van der Waals surface area contributed by atoms with Crippen molar-refractivity contribution >= 4 is 16.6 Å². The first-order chi connectivity index (χ1) is 14.6. The molecule has 1 saturated carbocycles. The van der Waals surface area contributed by atoms with Crippen molar-refractivity contribution < 1.29 is 13.9 Å². The van der Waals surface area contributed by atoms with Gasteiger partial charge < -0.3 is 24.5 Å². The van der Waals surface area contributed by atoms with Crippen molar-refractivity contribution in [3.05, 3.63) is 36.1 Å². The van der Waals surface area contributed by atoms with Crippen LogP contribution in [0.4, 0.5) is 5.69 Å². The Morgan fingerprint density at radius 2 is 1.80 bits per heavy atom. The maximum atomic E-state index is 5.88. The van der Waals surface area contributed by atoms with Gasteiger partial charge in [-0.25, -0.2) is 4.98 Å². The highest BCUT2D eigenvalue weighted by Crippen LogP contribution is 2.50. The highest BCUT2D eigenvalue weighted by Gasteiger charge is 2.49. The number of nitrogens with one attached hydrogen (secondary N) is 2. The van der Waals surface area contributed by atoms with Gasteiger partial charge in [-0.05, 0) is 75.9 Å². The number of rotatable bonds is 6. The van der Waals surface area contributed by atoms with E-state index in [2.05, 4.69) is 16.7 Å².